The number of rotatable bonds is 7. The Balaban J connectivity index is 1.72. The Morgan fingerprint density at radius 3 is 2.86 bits per heavy atom. The van der Waals surface area contributed by atoms with Gasteiger partial charge in [-0.05, 0) is 18.2 Å². The summed E-state index contributed by atoms with van der Waals surface area (Å²) in [5, 5.41) is 12.5. The van der Waals surface area contributed by atoms with E-state index < -0.39 is 30.0 Å². The summed E-state index contributed by atoms with van der Waals surface area (Å²) in [6.45, 7) is -2.88. The number of aromatic nitrogens is 3. The predicted molar refractivity (Wildman–Crippen MR) is 133 cm³/mol. The van der Waals surface area contributed by atoms with E-state index in [9.17, 15) is 18.0 Å². The molecule has 0 spiro atoms. The van der Waals surface area contributed by atoms with Gasteiger partial charge in [-0.25, -0.2) is 18.9 Å². The second-order valence-electron chi connectivity index (χ2n) is 8.28. The molecule has 1 saturated heterocycles. The molecule has 1 aromatic carbocycles. The number of aliphatic imine (C=N–C) groups is 2. The minimum atomic E-state index is -2.86. The fourth-order valence-electron chi connectivity index (χ4n) is 4.27. The highest BCUT2D eigenvalue weighted by Gasteiger charge is 2.42. The van der Waals surface area contributed by atoms with E-state index in [1.54, 1.807) is 24.8 Å². The highest BCUT2D eigenvalue weighted by Crippen LogP contribution is 2.42. The van der Waals surface area contributed by atoms with E-state index in [2.05, 4.69) is 25.7 Å². The zero-order valence-corrected chi connectivity index (χ0v) is 20.7. The summed E-state index contributed by atoms with van der Waals surface area (Å²) in [5.74, 6) is -0.148. The summed E-state index contributed by atoms with van der Waals surface area (Å²) < 4.78 is 46.5. The van der Waals surface area contributed by atoms with Crippen molar-refractivity contribution in [3.8, 4) is 0 Å². The van der Waals surface area contributed by atoms with Gasteiger partial charge in [-0.15, -0.1) is 11.3 Å². The lowest BCUT2D eigenvalue weighted by Gasteiger charge is -2.31. The Labute approximate surface area is 217 Å². The maximum absolute atomic E-state index is 13.9. The van der Waals surface area contributed by atoms with Gasteiger partial charge in [0, 0.05) is 59.3 Å². The van der Waals surface area contributed by atoms with E-state index in [1.807, 2.05) is 0 Å². The van der Waals surface area contributed by atoms with Crippen LogP contribution < -0.4 is 10.6 Å². The van der Waals surface area contributed by atoms with Gasteiger partial charge in [0.2, 0.25) is 0 Å². The minimum Gasteiger partial charge on any atom is -0.447 e. The number of thiazole rings is 1. The molecule has 2 N–H and O–H groups in total. The molecule has 0 radical (unpaired) electrons. The number of hydrogen-bond donors (Lipinski definition) is 2. The average molecular weight is 550 g/mol. The lowest BCUT2D eigenvalue weighted by Crippen LogP contribution is -2.47. The summed E-state index contributed by atoms with van der Waals surface area (Å²) in [6, 6.07) is 4.46. The molecule has 2 aromatic heterocycles. The van der Waals surface area contributed by atoms with Crippen LogP contribution in [-0.2, 0) is 4.74 Å². The Bertz CT molecular complexity index is 1420. The third kappa shape index (κ3) is 4.96. The number of carbonyl (C=O) groups is 1. The van der Waals surface area contributed by atoms with Crippen molar-refractivity contribution in [2.45, 2.75) is 24.6 Å². The van der Waals surface area contributed by atoms with Gasteiger partial charge >= 0.3 is 12.6 Å². The van der Waals surface area contributed by atoms with Crippen molar-refractivity contribution in [1.82, 2.24) is 25.4 Å². The summed E-state index contributed by atoms with van der Waals surface area (Å²) in [4.78, 5) is 25.2. The quantitative estimate of drug-likeness (QED) is 0.419. The SMILES string of the molecule is CN=C[C@]1(CC2=C(c3ccn(C(F)F)n3)[C@H](c3ccc(F)cc3Cl)N=C(c3nccs3)N2)COC(=O)N1. The van der Waals surface area contributed by atoms with Crippen molar-refractivity contribution >= 4 is 46.7 Å². The Hall–Kier alpha value is -3.71. The zero-order chi connectivity index (χ0) is 26.2. The molecular weight excluding hydrogens is 531 g/mol. The van der Waals surface area contributed by atoms with Crippen molar-refractivity contribution in [1.29, 1.82) is 0 Å². The number of hydrogen-bond acceptors (Lipinski definition) is 8. The van der Waals surface area contributed by atoms with E-state index in [0.29, 0.717) is 32.4 Å². The van der Waals surface area contributed by atoms with E-state index in [4.69, 9.17) is 21.3 Å². The number of alkyl halides is 2. The standard InChI is InChI=1S/C23H19ClF3N7O2S/c1-28-10-23(11-36-22(35)32-23)9-16-17(15-4-6-34(33-15)21(26)27)18(13-3-2-12(25)8-14(13)24)31-19(30-16)20-29-5-7-37-20/h2-8,10,18,21H,9,11H2,1H3,(H,30,31)(H,32,35)/t18-,23+/m0/s1. The van der Waals surface area contributed by atoms with Crippen molar-refractivity contribution in [3.63, 3.8) is 0 Å². The van der Waals surface area contributed by atoms with Crippen LogP contribution in [0.5, 0.6) is 0 Å². The van der Waals surface area contributed by atoms with Gasteiger partial charge in [0.15, 0.2) is 10.8 Å². The first-order valence-electron chi connectivity index (χ1n) is 10.9. The van der Waals surface area contributed by atoms with Crippen LogP contribution in [0.25, 0.3) is 5.57 Å². The molecule has 5 rings (SSSR count). The third-order valence-corrected chi connectivity index (χ3v) is 6.89. The molecule has 3 aromatic rings. The topological polar surface area (TPSA) is 106 Å². The van der Waals surface area contributed by atoms with Crippen molar-refractivity contribution in [2.75, 3.05) is 13.7 Å². The summed E-state index contributed by atoms with van der Waals surface area (Å²) in [5.41, 5.74) is 0.508. The number of cyclic esters (lactones) is 1. The van der Waals surface area contributed by atoms with Crippen molar-refractivity contribution in [2.24, 2.45) is 9.98 Å². The molecule has 2 aliphatic rings. The van der Waals surface area contributed by atoms with Crippen LogP contribution in [0.3, 0.4) is 0 Å². The van der Waals surface area contributed by atoms with Crippen LogP contribution in [-0.4, -0.2) is 52.1 Å². The number of amides is 1. The molecule has 2 atom stereocenters. The molecule has 0 bridgehead atoms. The van der Waals surface area contributed by atoms with Gasteiger partial charge in [0.05, 0.1) is 5.69 Å². The first-order valence-corrected chi connectivity index (χ1v) is 12.2. The predicted octanol–water partition coefficient (Wildman–Crippen LogP) is 4.60. The molecule has 0 unspecified atom stereocenters. The van der Waals surface area contributed by atoms with Gasteiger partial charge in [0.1, 0.15) is 24.0 Å². The van der Waals surface area contributed by atoms with E-state index >= 15 is 0 Å². The molecular formula is C23H19ClF3N7O2S. The van der Waals surface area contributed by atoms with Gasteiger partial charge < -0.3 is 15.4 Å². The molecule has 9 nitrogen and oxygen atoms in total. The number of benzene rings is 1. The fourth-order valence-corrected chi connectivity index (χ4v) is 5.12. The van der Waals surface area contributed by atoms with Gasteiger partial charge in [0.25, 0.3) is 0 Å². The van der Waals surface area contributed by atoms with Crippen LogP contribution in [0.4, 0.5) is 18.0 Å². The number of alkyl carbamates (subject to hydrolysis) is 1. The van der Waals surface area contributed by atoms with Crippen LogP contribution in [0.15, 0.2) is 57.7 Å². The fraction of sp³-hybridized carbons (Fsp3) is 0.261. The molecule has 1 fully saturated rings. The lowest BCUT2D eigenvalue weighted by atomic mass is 9.87. The number of nitrogens with one attached hydrogen (secondary N) is 2. The number of amidine groups is 1. The van der Waals surface area contributed by atoms with Crippen LogP contribution >= 0.6 is 22.9 Å². The van der Waals surface area contributed by atoms with Gasteiger partial charge in [-0.3, -0.25) is 9.98 Å². The second-order valence-corrected chi connectivity index (χ2v) is 9.58. The molecule has 1 amide bonds. The first-order chi connectivity index (χ1) is 17.8. The van der Waals surface area contributed by atoms with Crippen LogP contribution in [0.2, 0.25) is 5.02 Å². The molecule has 4 heterocycles. The second kappa shape index (κ2) is 9.98. The first kappa shape index (κ1) is 25.0. The van der Waals surface area contributed by atoms with E-state index in [0.717, 1.165) is 12.3 Å². The molecule has 37 heavy (non-hydrogen) atoms. The maximum Gasteiger partial charge on any atom is 0.408 e. The minimum absolute atomic E-state index is 0.0151. The molecule has 192 valence electrons. The third-order valence-electron chi connectivity index (χ3n) is 5.78. The Morgan fingerprint density at radius 2 is 2.24 bits per heavy atom. The summed E-state index contributed by atoms with van der Waals surface area (Å²) in [7, 11) is 1.56. The molecule has 14 heteroatoms. The summed E-state index contributed by atoms with van der Waals surface area (Å²) in [6.07, 6.45) is 3.82. The lowest BCUT2D eigenvalue weighted by molar-refractivity contribution is 0.0564. The zero-order valence-electron chi connectivity index (χ0n) is 19.2. The average Bonchev–Trinajstić information content (AvgIpc) is 3.61. The van der Waals surface area contributed by atoms with Gasteiger partial charge in [-0.2, -0.15) is 13.9 Å². The summed E-state index contributed by atoms with van der Waals surface area (Å²) >= 11 is 7.78. The molecule has 0 saturated carbocycles. The highest BCUT2D eigenvalue weighted by atomic mass is 35.5. The van der Waals surface area contributed by atoms with E-state index in [1.165, 1.54) is 29.5 Å². The normalized spacial score (nSPS) is 21.8. The Kier molecular flexibility index (Phi) is 6.73. The van der Waals surface area contributed by atoms with Crippen LogP contribution in [0.1, 0.15) is 35.3 Å². The monoisotopic (exact) mass is 549 g/mol. The highest BCUT2D eigenvalue weighted by molar-refractivity contribution is 7.11. The number of ether oxygens (including phenoxy) is 1. The van der Waals surface area contributed by atoms with Crippen molar-refractivity contribution in [3.05, 3.63) is 74.8 Å². The molecule has 0 aliphatic carbocycles. The smallest absolute Gasteiger partial charge is 0.408 e. The van der Waals surface area contributed by atoms with E-state index in [-0.39, 0.29) is 23.7 Å². The van der Waals surface area contributed by atoms with Crippen molar-refractivity contribution < 1.29 is 22.7 Å². The molecule has 2 aliphatic heterocycles. The largest absolute Gasteiger partial charge is 0.447 e. The van der Waals surface area contributed by atoms with Crippen LogP contribution in [0, 0.1) is 5.82 Å². The van der Waals surface area contributed by atoms with Gasteiger partial charge in [-0.1, -0.05) is 17.7 Å². The number of halogens is 4. The number of nitrogens with zero attached hydrogens (tertiary/aromatic N) is 5. The Morgan fingerprint density at radius 1 is 1.41 bits per heavy atom. The maximum atomic E-state index is 13.9. The number of carbonyl (C=O) groups excluding carboxylic acids is 1.